The Morgan fingerprint density at radius 2 is 1.11 bits per heavy atom. The molecule has 0 aliphatic heterocycles. The first-order valence-corrected chi connectivity index (χ1v) is 18.8. The summed E-state index contributed by atoms with van der Waals surface area (Å²) in [4.78, 5) is 66.2. The van der Waals surface area contributed by atoms with Gasteiger partial charge in [0.2, 0.25) is 23.4 Å². The van der Waals surface area contributed by atoms with Gasteiger partial charge in [-0.2, -0.15) is 16.1 Å². The van der Waals surface area contributed by atoms with Crippen molar-refractivity contribution in [1.82, 2.24) is 31.8 Å². The average molecular weight is 775 g/mol. The number of ketones is 2. The van der Waals surface area contributed by atoms with E-state index in [4.69, 9.17) is 9.68 Å². The van der Waals surface area contributed by atoms with Gasteiger partial charge in [-0.05, 0) is 70.6 Å². The van der Waals surface area contributed by atoms with Crippen LogP contribution in [0.25, 0.3) is 5.76 Å². The summed E-state index contributed by atoms with van der Waals surface area (Å²) < 4.78 is 0. The Hall–Kier alpha value is -5.02. The van der Waals surface area contributed by atoms with Crippen molar-refractivity contribution in [3.63, 3.8) is 0 Å². The Morgan fingerprint density at radius 3 is 1.54 bits per heavy atom. The Balaban J connectivity index is 1.96. The van der Waals surface area contributed by atoms with Crippen LogP contribution in [0.5, 0.6) is 0 Å². The number of hydroxylamine groups is 2. The number of amides is 2. The van der Waals surface area contributed by atoms with Gasteiger partial charge >= 0.3 is 0 Å². The van der Waals surface area contributed by atoms with Crippen molar-refractivity contribution in [3.05, 3.63) is 101 Å². The van der Waals surface area contributed by atoms with Crippen LogP contribution in [-0.4, -0.2) is 79.2 Å². The number of carbonyl (C=O) groups is 4. The lowest BCUT2D eigenvalue weighted by molar-refractivity contribution is -0.139. The first kappa shape index (κ1) is 45.4. The Bertz CT molecular complexity index is 1800. The van der Waals surface area contributed by atoms with Crippen molar-refractivity contribution in [2.24, 2.45) is 11.8 Å². The minimum Gasteiger partial charge on any atom is -0.506 e. The number of aliphatic hydroxyl groups excluding tert-OH is 2. The van der Waals surface area contributed by atoms with Gasteiger partial charge in [0, 0.05) is 18.4 Å². The zero-order chi connectivity index (χ0) is 41.8. The fourth-order valence-corrected chi connectivity index (χ4v) is 5.32. The van der Waals surface area contributed by atoms with Crippen LogP contribution in [0.4, 0.5) is 0 Å². The predicted octanol–water partition coefficient (Wildman–Crippen LogP) is 5.16. The van der Waals surface area contributed by atoms with Crippen LogP contribution in [-0.2, 0) is 36.9 Å². The monoisotopic (exact) mass is 774 g/mol. The number of aromatic nitrogens is 2. The second kappa shape index (κ2) is 20.2. The third-order valence-electron chi connectivity index (χ3n) is 8.35. The number of rotatable bonds is 19. The van der Waals surface area contributed by atoms with Crippen LogP contribution in [0.2, 0.25) is 0 Å². The van der Waals surface area contributed by atoms with E-state index in [1.165, 1.54) is 0 Å². The lowest BCUT2D eigenvalue weighted by atomic mass is 9.95. The fraction of sp³-hybridized carbons (Fsp3) is 0.476. The van der Waals surface area contributed by atoms with E-state index in [1.54, 1.807) is 48.5 Å². The van der Waals surface area contributed by atoms with Gasteiger partial charge in [0.25, 0.3) is 0 Å². The molecule has 3 rings (SSSR count). The molecule has 0 unspecified atom stereocenters. The van der Waals surface area contributed by atoms with Gasteiger partial charge in [-0.25, -0.2) is 0 Å². The fourth-order valence-electron chi connectivity index (χ4n) is 5.32. The molecule has 14 nitrogen and oxygen atoms in total. The van der Waals surface area contributed by atoms with Crippen LogP contribution in [0.15, 0.2) is 78.7 Å². The lowest BCUT2D eigenvalue weighted by Gasteiger charge is -2.28. The van der Waals surface area contributed by atoms with Crippen molar-refractivity contribution < 1.29 is 39.1 Å². The number of nitrogens with zero attached hydrogens (tertiary/aromatic N) is 2. The van der Waals surface area contributed by atoms with Crippen LogP contribution < -0.4 is 21.6 Å². The van der Waals surface area contributed by atoms with Crippen molar-refractivity contribution in [3.8, 4) is 0 Å². The molecule has 0 spiro atoms. The second-order valence-electron chi connectivity index (χ2n) is 16.4. The number of hydrogen-bond donors (Lipinski definition) is 6. The molecule has 2 aromatic carbocycles. The summed E-state index contributed by atoms with van der Waals surface area (Å²) in [6, 6.07) is 15.0. The van der Waals surface area contributed by atoms with E-state index in [2.05, 4.69) is 31.8 Å². The first-order chi connectivity index (χ1) is 26.2. The molecule has 56 heavy (non-hydrogen) atoms. The van der Waals surface area contributed by atoms with Crippen LogP contribution >= 0.6 is 0 Å². The van der Waals surface area contributed by atoms with Gasteiger partial charge in [-0.3, -0.25) is 28.9 Å². The normalized spacial score (nSPS) is 14.7. The highest BCUT2D eigenvalue weighted by Gasteiger charge is 2.34. The third-order valence-corrected chi connectivity index (χ3v) is 8.35. The molecule has 0 aliphatic rings. The zero-order valence-corrected chi connectivity index (χ0v) is 34.0. The van der Waals surface area contributed by atoms with E-state index in [9.17, 15) is 29.4 Å². The van der Waals surface area contributed by atoms with Crippen molar-refractivity contribution >= 4 is 29.1 Å². The van der Waals surface area contributed by atoms with Gasteiger partial charge in [0.1, 0.15) is 17.8 Å². The van der Waals surface area contributed by atoms with Crippen LogP contribution in [0, 0.1) is 11.8 Å². The number of aliphatic hydroxyl groups is 2. The molecule has 1 aromatic heterocycles. The van der Waals surface area contributed by atoms with E-state index >= 15 is 0 Å². The lowest BCUT2D eigenvalue weighted by Crippen LogP contribution is -2.54. The number of nitrogens with one attached hydrogen (secondary N) is 4. The summed E-state index contributed by atoms with van der Waals surface area (Å²) in [5.41, 5.74) is 5.29. The maximum absolute atomic E-state index is 13.9. The minimum atomic E-state index is -1.28. The molecular weight excluding hydrogens is 716 g/mol. The summed E-state index contributed by atoms with van der Waals surface area (Å²) in [6.45, 7) is 18.3. The standard InChI is InChI=1S/C42H58N6O8/c1-25(2)33(47-55-41(5,6)7)39(53)44-30(21-27-17-13-11-14-18-27)36(50)35(49)29-23-32(46-43-24-29)38(52)37(51)31(22-28-19-15-12-16-20-28)45-40(54)34(26(3)4)48-56-42(8,9)10/h11-20,23-26,30-31,33-34,47-48,51-52H,21-22H2,1-10H3,(H,44,53)(H,45,54)/t30-,31-,33-,34-/m0/s1. The van der Waals surface area contributed by atoms with E-state index in [1.807, 2.05) is 81.4 Å². The molecule has 304 valence electrons. The second-order valence-corrected chi connectivity index (χ2v) is 16.4. The zero-order valence-electron chi connectivity index (χ0n) is 34.0. The maximum atomic E-state index is 13.9. The smallest absolute Gasteiger partial charge is 0.240 e. The van der Waals surface area contributed by atoms with Crippen LogP contribution in [0.3, 0.4) is 0 Å². The number of hydrogen-bond acceptors (Lipinski definition) is 12. The van der Waals surface area contributed by atoms with E-state index in [0.717, 1.165) is 17.8 Å². The summed E-state index contributed by atoms with van der Waals surface area (Å²) >= 11 is 0. The summed E-state index contributed by atoms with van der Waals surface area (Å²) in [7, 11) is 0. The van der Waals surface area contributed by atoms with Crippen LogP contribution in [0.1, 0.15) is 96.4 Å². The number of carbonyl (C=O) groups excluding carboxylic acids is 4. The Morgan fingerprint density at radius 1 is 0.679 bits per heavy atom. The maximum Gasteiger partial charge on any atom is 0.240 e. The predicted molar refractivity (Wildman–Crippen MR) is 213 cm³/mol. The van der Waals surface area contributed by atoms with E-state index in [0.29, 0.717) is 5.56 Å². The minimum absolute atomic E-state index is 0.00723. The summed E-state index contributed by atoms with van der Waals surface area (Å²) in [5.74, 6) is -4.87. The molecule has 4 atom stereocenters. The summed E-state index contributed by atoms with van der Waals surface area (Å²) in [5, 5.41) is 36.1. The summed E-state index contributed by atoms with van der Waals surface area (Å²) in [6.07, 6.45) is 1.14. The van der Waals surface area contributed by atoms with Gasteiger partial charge in [-0.15, -0.1) is 5.10 Å². The van der Waals surface area contributed by atoms with Crippen molar-refractivity contribution in [2.45, 2.75) is 117 Å². The molecule has 0 saturated carbocycles. The molecule has 0 radical (unpaired) electrons. The van der Waals surface area contributed by atoms with E-state index < -0.39 is 70.3 Å². The van der Waals surface area contributed by atoms with Crippen molar-refractivity contribution in [2.75, 3.05) is 0 Å². The average Bonchev–Trinajstić information content (AvgIpc) is 3.12. The Kier molecular flexibility index (Phi) is 16.4. The molecule has 0 bridgehead atoms. The van der Waals surface area contributed by atoms with Gasteiger partial charge < -0.3 is 20.8 Å². The highest BCUT2D eigenvalue weighted by Crippen LogP contribution is 2.20. The van der Waals surface area contributed by atoms with Gasteiger partial charge in [0.15, 0.2) is 11.5 Å². The quantitative estimate of drug-likeness (QED) is 0.0405. The number of Topliss-reactive ketones (excluding diaryl/α,β-unsaturated/α-hetero) is 2. The first-order valence-electron chi connectivity index (χ1n) is 18.8. The number of benzene rings is 2. The highest BCUT2D eigenvalue weighted by atomic mass is 16.7. The van der Waals surface area contributed by atoms with Gasteiger partial charge in [-0.1, -0.05) is 88.4 Å². The largest absolute Gasteiger partial charge is 0.506 e. The molecule has 0 saturated heterocycles. The van der Waals surface area contributed by atoms with E-state index in [-0.39, 0.29) is 35.9 Å². The molecule has 0 fully saturated rings. The van der Waals surface area contributed by atoms with Crippen molar-refractivity contribution in [1.29, 1.82) is 0 Å². The molecule has 2 amide bonds. The molecule has 1 heterocycles. The Labute approximate surface area is 329 Å². The third kappa shape index (κ3) is 14.2. The SMILES string of the molecule is CC(C)[C@H](NOC(C)(C)C)C(=O)N[C@@H](Cc1ccccc1)C(=O)C(=O)c1cnnc(C(O)=C(O)[C@H](Cc2ccccc2)NC(=O)[C@@H](NOC(C)(C)C)C(C)C)c1. The topological polar surface area (TPSA) is 201 Å². The molecule has 3 aromatic rings. The molecule has 0 aliphatic carbocycles. The van der Waals surface area contributed by atoms with Gasteiger partial charge in [0.05, 0.1) is 29.5 Å². The molecule has 6 N–H and O–H groups in total. The molecular formula is C42H58N6O8. The molecule has 14 heteroatoms. The highest BCUT2D eigenvalue weighted by molar-refractivity contribution is 6.45.